The Morgan fingerprint density at radius 3 is 2.53 bits per heavy atom. The summed E-state index contributed by atoms with van der Waals surface area (Å²) in [6, 6.07) is 9.51. The molecule has 0 spiro atoms. The summed E-state index contributed by atoms with van der Waals surface area (Å²) in [5.41, 5.74) is -1.93. The Morgan fingerprint density at radius 1 is 1.19 bits per heavy atom. The number of carbonyl (C=O) groups excluding carboxylic acids is 2. The fourth-order valence-corrected chi connectivity index (χ4v) is 4.44. The highest BCUT2D eigenvalue weighted by molar-refractivity contribution is 5.89. The van der Waals surface area contributed by atoms with E-state index in [1.54, 1.807) is 57.3 Å². The number of aromatic nitrogens is 3. The number of oxazole rings is 1. The van der Waals surface area contributed by atoms with Gasteiger partial charge in [-0.2, -0.15) is 5.10 Å². The van der Waals surface area contributed by atoms with Crippen molar-refractivity contribution >= 4 is 18.0 Å². The molecule has 190 valence electrons. The van der Waals surface area contributed by atoms with Gasteiger partial charge in [-0.05, 0) is 38.8 Å². The first-order valence-corrected chi connectivity index (χ1v) is 11.4. The number of aliphatic carboxylic acids is 1. The summed E-state index contributed by atoms with van der Waals surface area (Å²) in [5, 5.41) is 14.3. The number of amides is 1. The molecule has 0 radical (unpaired) electrons. The standard InChI is InChI=1S/C25H28N4O7/c1-24(2,3)36-22(32)25(15-28-11-7-10-27-28)12-18(21(30)31)20(19-13-26-16-35-19)29(25)23(33)34-14-17-8-5-4-6-9-17/h4-11,13,16,18,20H,12,14-15H2,1-3H3,(H,30,31)/t18-,20+,25+/m0/s1. The number of carbonyl (C=O) groups is 3. The maximum absolute atomic E-state index is 13.8. The van der Waals surface area contributed by atoms with Crippen LogP contribution >= 0.6 is 0 Å². The molecule has 1 N–H and O–H groups in total. The minimum absolute atomic E-state index is 0.0802. The second kappa shape index (κ2) is 9.84. The molecule has 4 rings (SSSR count). The average molecular weight is 497 g/mol. The molecule has 0 unspecified atom stereocenters. The zero-order valence-electron chi connectivity index (χ0n) is 20.2. The van der Waals surface area contributed by atoms with Gasteiger partial charge in [0.25, 0.3) is 0 Å². The van der Waals surface area contributed by atoms with Crippen LogP contribution in [0.4, 0.5) is 4.79 Å². The van der Waals surface area contributed by atoms with Gasteiger partial charge in [0.05, 0.1) is 18.7 Å². The lowest BCUT2D eigenvalue weighted by Crippen LogP contribution is -2.58. The highest BCUT2D eigenvalue weighted by atomic mass is 16.6. The van der Waals surface area contributed by atoms with Crippen molar-refractivity contribution in [1.29, 1.82) is 0 Å². The monoisotopic (exact) mass is 496 g/mol. The number of nitrogens with zero attached hydrogens (tertiary/aromatic N) is 4. The molecular weight excluding hydrogens is 468 g/mol. The van der Waals surface area contributed by atoms with E-state index in [4.69, 9.17) is 13.9 Å². The molecule has 11 nitrogen and oxygen atoms in total. The first-order chi connectivity index (χ1) is 17.1. The van der Waals surface area contributed by atoms with Crippen LogP contribution < -0.4 is 0 Å². The molecule has 3 aromatic rings. The van der Waals surface area contributed by atoms with Crippen molar-refractivity contribution in [3.63, 3.8) is 0 Å². The predicted molar refractivity (Wildman–Crippen MR) is 124 cm³/mol. The largest absolute Gasteiger partial charge is 0.481 e. The number of hydrogen-bond acceptors (Lipinski definition) is 8. The van der Waals surface area contributed by atoms with Gasteiger partial charge >= 0.3 is 18.0 Å². The van der Waals surface area contributed by atoms with E-state index < -0.39 is 41.1 Å². The van der Waals surface area contributed by atoms with Gasteiger partial charge < -0.3 is 19.0 Å². The number of hydrogen-bond donors (Lipinski definition) is 1. The Labute approximate surface area is 207 Å². The van der Waals surface area contributed by atoms with Crippen LogP contribution in [0.3, 0.4) is 0 Å². The molecular formula is C25H28N4O7. The minimum atomic E-state index is -1.76. The van der Waals surface area contributed by atoms with Gasteiger partial charge in [-0.1, -0.05) is 30.3 Å². The SMILES string of the molecule is CC(C)(C)OC(=O)[C@]1(Cn2cccn2)C[C@H](C(=O)O)[C@H](c2cnco2)N1C(=O)OCc1ccccc1. The normalized spacial score (nSPS) is 21.8. The molecule has 0 saturated carbocycles. The van der Waals surface area contributed by atoms with Gasteiger partial charge in [-0.25, -0.2) is 14.6 Å². The molecule has 1 aromatic carbocycles. The summed E-state index contributed by atoms with van der Waals surface area (Å²) >= 11 is 0. The van der Waals surface area contributed by atoms with Crippen LogP contribution in [0.25, 0.3) is 0 Å². The summed E-state index contributed by atoms with van der Waals surface area (Å²) in [5.74, 6) is -3.06. The van der Waals surface area contributed by atoms with Crippen LogP contribution in [-0.4, -0.2) is 53.9 Å². The van der Waals surface area contributed by atoms with Crippen molar-refractivity contribution in [1.82, 2.24) is 19.7 Å². The molecule has 11 heteroatoms. The third kappa shape index (κ3) is 5.09. The lowest BCUT2D eigenvalue weighted by Gasteiger charge is -2.39. The average Bonchev–Trinajstić information content (AvgIpc) is 3.58. The Morgan fingerprint density at radius 2 is 1.94 bits per heavy atom. The van der Waals surface area contributed by atoms with E-state index >= 15 is 0 Å². The second-order valence-corrected chi connectivity index (χ2v) is 9.64. The predicted octanol–water partition coefficient (Wildman–Crippen LogP) is 3.44. The summed E-state index contributed by atoms with van der Waals surface area (Å²) in [4.78, 5) is 45.0. The van der Waals surface area contributed by atoms with Crippen molar-refractivity contribution in [2.24, 2.45) is 5.92 Å². The first-order valence-electron chi connectivity index (χ1n) is 11.4. The Kier molecular flexibility index (Phi) is 6.82. The van der Waals surface area contributed by atoms with E-state index in [0.29, 0.717) is 0 Å². The van der Waals surface area contributed by atoms with Crippen LogP contribution in [0.1, 0.15) is 44.6 Å². The molecule has 0 bridgehead atoms. The number of ether oxygens (including phenoxy) is 2. The molecule has 1 fully saturated rings. The first kappa shape index (κ1) is 25.0. The highest BCUT2D eigenvalue weighted by Gasteiger charge is 2.64. The van der Waals surface area contributed by atoms with Crippen molar-refractivity contribution in [2.75, 3.05) is 0 Å². The fourth-order valence-electron chi connectivity index (χ4n) is 4.44. The Bertz CT molecular complexity index is 1190. The molecule has 1 amide bonds. The van der Waals surface area contributed by atoms with E-state index in [1.807, 2.05) is 6.07 Å². The summed E-state index contributed by atoms with van der Waals surface area (Å²) < 4.78 is 18.3. The molecule has 1 saturated heterocycles. The van der Waals surface area contributed by atoms with Crippen molar-refractivity contribution in [2.45, 2.75) is 57.5 Å². The quantitative estimate of drug-likeness (QED) is 0.488. The van der Waals surface area contributed by atoms with Gasteiger partial charge in [-0.3, -0.25) is 14.4 Å². The van der Waals surface area contributed by atoms with E-state index in [0.717, 1.165) is 16.9 Å². The Hall–Kier alpha value is -4.15. The molecule has 3 heterocycles. The fraction of sp³-hybridized carbons (Fsp3) is 0.400. The molecule has 3 atom stereocenters. The van der Waals surface area contributed by atoms with Crippen LogP contribution in [0.15, 0.2) is 65.8 Å². The summed E-state index contributed by atoms with van der Waals surface area (Å²) in [6.45, 7) is 4.86. The summed E-state index contributed by atoms with van der Waals surface area (Å²) in [6.07, 6.45) is 4.49. The highest BCUT2D eigenvalue weighted by Crippen LogP contribution is 2.49. The third-order valence-electron chi connectivity index (χ3n) is 5.90. The zero-order valence-corrected chi connectivity index (χ0v) is 20.2. The zero-order chi connectivity index (χ0) is 25.9. The number of esters is 1. The number of benzene rings is 1. The number of carboxylic acid groups (broad SMARTS) is 1. The molecule has 36 heavy (non-hydrogen) atoms. The number of likely N-dealkylation sites (tertiary alicyclic amines) is 1. The van der Waals surface area contributed by atoms with E-state index in [1.165, 1.54) is 17.1 Å². The maximum Gasteiger partial charge on any atom is 0.411 e. The van der Waals surface area contributed by atoms with Gasteiger partial charge in [0, 0.05) is 12.4 Å². The minimum Gasteiger partial charge on any atom is -0.481 e. The van der Waals surface area contributed by atoms with Crippen LogP contribution in [0.2, 0.25) is 0 Å². The van der Waals surface area contributed by atoms with E-state index in [-0.39, 0.29) is 25.3 Å². The number of rotatable bonds is 7. The van der Waals surface area contributed by atoms with Crippen LogP contribution in [0.5, 0.6) is 0 Å². The van der Waals surface area contributed by atoms with Crippen LogP contribution in [-0.2, 0) is 32.2 Å². The molecule has 1 aliphatic rings. The van der Waals surface area contributed by atoms with Gasteiger partial charge in [0.15, 0.2) is 11.9 Å². The molecule has 0 aliphatic carbocycles. The van der Waals surface area contributed by atoms with Crippen molar-refractivity contribution < 1.29 is 33.4 Å². The van der Waals surface area contributed by atoms with Gasteiger partial charge in [0.1, 0.15) is 24.0 Å². The second-order valence-electron chi connectivity index (χ2n) is 9.64. The lowest BCUT2D eigenvalue weighted by atomic mass is 9.90. The number of carboxylic acids is 1. The lowest BCUT2D eigenvalue weighted by molar-refractivity contribution is -0.169. The maximum atomic E-state index is 13.8. The van der Waals surface area contributed by atoms with Gasteiger partial charge in [0.2, 0.25) is 0 Å². The Balaban J connectivity index is 1.82. The van der Waals surface area contributed by atoms with E-state index in [2.05, 4.69) is 10.1 Å². The topological polar surface area (TPSA) is 137 Å². The van der Waals surface area contributed by atoms with E-state index in [9.17, 15) is 19.5 Å². The third-order valence-corrected chi connectivity index (χ3v) is 5.90. The smallest absolute Gasteiger partial charge is 0.411 e. The van der Waals surface area contributed by atoms with Crippen molar-refractivity contribution in [3.05, 3.63) is 72.7 Å². The van der Waals surface area contributed by atoms with Crippen LogP contribution in [0, 0.1) is 5.92 Å². The van der Waals surface area contributed by atoms with Crippen molar-refractivity contribution in [3.8, 4) is 0 Å². The van der Waals surface area contributed by atoms with Gasteiger partial charge in [-0.15, -0.1) is 0 Å². The molecule has 1 aliphatic heterocycles. The summed E-state index contributed by atoms with van der Waals surface area (Å²) in [7, 11) is 0. The molecule has 2 aromatic heterocycles.